The largest absolute Gasteiger partial charge is 0.393 e. The van der Waals surface area contributed by atoms with Gasteiger partial charge in [0.1, 0.15) is 5.52 Å². The molecule has 0 aliphatic heterocycles. The number of aliphatic hydroxyl groups is 1. The van der Waals surface area contributed by atoms with E-state index in [9.17, 15) is 5.11 Å². The van der Waals surface area contributed by atoms with Crippen molar-refractivity contribution in [2.24, 2.45) is 5.92 Å². The van der Waals surface area contributed by atoms with Gasteiger partial charge in [0, 0.05) is 13.1 Å². The van der Waals surface area contributed by atoms with Crippen LogP contribution in [0.5, 0.6) is 0 Å². The summed E-state index contributed by atoms with van der Waals surface area (Å²) < 4.78 is 0. The predicted molar refractivity (Wildman–Crippen MR) is 77.7 cm³/mol. The number of hydrogen-bond donors (Lipinski definition) is 4. The van der Waals surface area contributed by atoms with E-state index in [1.165, 1.54) is 0 Å². The van der Waals surface area contributed by atoms with Gasteiger partial charge >= 0.3 is 0 Å². The van der Waals surface area contributed by atoms with Crippen molar-refractivity contribution in [1.29, 1.82) is 0 Å². The van der Waals surface area contributed by atoms with Crippen molar-refractivity contribution >= 4 is 22.9 Å². The quantitative estimate of drug-likeness (QED) is 0.658. The molecule has 20 heavy (non-hydrogen) atoms. The van der Waals surface area contributed by atoms with Crippen LogP contribution in [0.25, 0.3) is 11.2 Å². The van der Waals surface area contributed by atoms with Gasteiger partial charge in [-0.3, -0.25) is 0 Å². The molecule has 1 aliphatic rings. The fourth-order valence-electron chi connectivity index (χ4n) is 2.67. The number of aromatic nitrogens is 4. The first-order valence-electron chi connectivity index (χ1n) is 7.13. The summed E-state index contributed by atoms with van der Waals surface area (Å²) in [6, 6.07) is 0. The van der Waals surface area contributed by atoms with Crippen molar-refractivity contribution in [2.45, 2.75) is 32.3 Å². The molecule has 7 nitrogen and oxygen atoms in total. The molecule has 1 aliphatic carbocycles. The molecule has 7 heteroatoms. The van der Waals surface area contributed by atoms with E-state index in [2.05, 4.69) is 30.6 Å². The zero-order valence-electron chi connectivity index (χ0n) is 11.6. The van der Waals surface area contributed by atoms with Gasteiger partial charge in [-0.1, -0.05) is 0 Å². The van der Waals surface area contributed by atoms with E-state index in [0.29, 0.717) is 17.5 Å². The Bertz CT molecular complexity index is 583. The summed E-state index contributed by atoms with van der Waals surface area (Å²) in [7, 11) is 0. The standard InChI is InChI=1S/C13H20N6O/c1-2-14-13-18-11(10-12(19-13)17-7-16-10)15-6-8-3-4-9(20)5-8/h7-9,20H,2-6H2,1H3,(H3,14,15,16,17,18,19). The molecule has 1 fully saturated rings. The smallest absolute Gasteiger partial charge is 0.226 e. The molecule has 108 valence electrons. The Morgan fingerprint density at radius 1 is 1.35 bits per heavy atom. The van der Waals surface area contributed by atoms with E-state index in [0.717, 1.165) is 43.7 Å². The average Bonchev–Trinajstić information content (AvgIpc) is 3.05. The van der Waals surface area contributed by atoms with E-state index in [1.54, 1.807) is 6.33 Å². The van der Waals surface area contributed by atoms with Crippen molar-refractivity contribution < 1.29 is 5.11 Å². The fourth-order valence-corrected chi connectivity index (χ4v) is 2.67. The zero-order valence-corrected chi connectivity index (χ0v) is 11.6. The highest BCUT2D eigenvalue weighted by molar-refractivity contribution is 5.83. The van der Waals surface area contributed by atoms with Crippen LogP contribution in [0.2, 0.25) is 0 Å². The number of aliphatic hydroxyl groups excluding tert-OH is 1. The summed E-state index contributed by atoms with van der Waals surface area (Å²) in [6.07, 6.45) is 4.31. The second kappa shape index (κ2) is 5.62. The Morgan fingerprint density at radius 2 is 2.25 bits per heavy atom. The molecular formula is C13H20N6O. The maximum atomic E-state index is 9.57. The lowest BCUT2D eigenvalue weighted by molar-refractivity contribution is 0.178. The second-order valence-electron chi connectivity index (χ2n) is 5.24. The zero-order chi connectivity index (χ0) is 13.9. The number of hydrogen-bond acceptors (Lipinski definition) is 6. The molecule has 0 spiro atoms. The van der Waals surface area contributed by atoms with Gasteiger partial charge in [0.05, 0.1) is 12.4 Å². The molecule has 2 unspecified atom stereocenters. The van der Waals surface area contributed by atoms with Gasteiger partial charge in [0.25, 0.3) is 0 Å². The van der Waals surface area contributed by atoms with Gasteiger partial charge < -0.3 is 20.7 Å². The van der Waals surface area contributed by atoms with Crippen LogP contribution in [0.3, 0.4) is 0 Å². The minimum Gasteiger partial charge on any atom is -0.393 e. The molecule has 2 aromatic heterocycles. The first-order valence-corrected chi connectivity index (χ1v) is 7.13. The third-order valence-corrected chi connectivity index (χ3v) is 3.69. The molecule has 3 rings (SSSR count). The van der Waals surface area contributed by atoms with Gasteiger partial charge in [-0.05, 0) is 32.1 Å². The number of nitrogens with one attached hydrogen (secondary N) is 3. The minimum absolute atomic E-state index is 0.142. The normalized spacial score (nSPS) is 22.3. The van der Waals surface area contributed by atoms with E-state index in [1.807, 2.05) is 6.92 Å². The van der Waals surface area contributed by atoms with E-state index in [-0.39, 0.29) is 6.10 Å². The van der Waals surface area contributed by atoms with E-state index in [4.69, 9.17) is 0 Å². The van der Waals surface area contributed by atoms with Crippen molar-refractivity contribution in [3.05, 3.63) is 6.33 Å². The van der Waals surface area contributed by atoms with Gasteiger partial charge in [-0.2, -0.15) is 9.97 Å². The predicted octanol–water partition coefficient (Wildman–Crippen LogP) is 1.36. The summed E-state index contributed by atoms with van der Waals surface area (Å²) in [4.78, 5) is 16.1. The van der Waals surface area contributed by atoms with Crippen molar-refractivity contribution in [2.75, 3.05) is 23.7 Å². The summed E-state index contributed by atoms with van der Waals surface area (Å²) in [5, 5.41) is 16.0. The summed E-state index contributed by atoms with van der Waals surface area (Å²) in [6.45, 7) is 3.59. The molecule has 0 amide bonds. The lowest BCUT2D eigenvalue weighted by Crippen LogP contribution is -2.14. The van der Waals surface area contributed by atoms with Gasteiger partial charge in [0.15, 0.2) is 11.5 Å². The average molecular weight is 276 g/mol. The topological polar surface area (TPSA) is 98.8 Å². The first-order chi connectivity index (χ1) is 9.76. The Morgan fingerprint density at radius 3 is 3.00 bits per heavy atom. The van der Waals surface area contributed by atoms with Crippen LogP contribution in [-0.2, 0) is 0 Å². The lowest BCUT2D eigenvalue weighted by atomic mass is 10.1. The number of aromatic amines is 1. The van der Waals surface area contributed by atoms with Crippen molar-refractivity contribution in [1.82, 2.24) is 19.9 Å². The minimum atomic E-state index is -0.142. The molecule has 1 saturated carbocycles. The number of rotatable bonds is 5. The van der Waals surface area contributed by atoms with Crippen LogP contribution >= 0.6 is 0 Å². The third kappa shape index (κ3) is 2.67. The lowest BCUT2D eigenvalue weighted by Gasteiger charge is -2.12. The molecule has 2 heterocycles. The Kier molecular flexibility index (Phi) is 3.68. The molecule has 0 saturated heterocycles. The van der Waals surface area contributed by atoms with Crippen molar-refractivity contribution in [3.8, 4) is 0 Å². The number of anilines is 2. The molecule has 2 atom stereocenters. The van der Waals surface area contributed by atoms with E-state index >= 15 is 0 Å². The van der Waals surface area contributed by atoms with Gasteiger partial charge in [0.2, 0.25) is 5.95 Å². The molecule has 0 bridgehead atoms. The van der Waals surface area contributed by atoms with Gasteiger partial charge in [-0.25, -0.2) is 4.98 Å². The SMILES string of the molecule is CCNc1nc(NCC2CCC(O)C2)c2[nH]cnc2n1. The molecule has 4 N–H and O–H groups in total. The Labute approximate surface area is 117 Å². The Hall–Kier alpha value is -1.89. The molecule has 0 aromatic carbocycles. The summed E-state index contributed by atoms with van der Waals surface area (Å²) >= 11 is 0. The fraction of sp³-hybridized carbons (Fsp3) is 0.615. The maximum absolute atomic E-state index is 9.57. The van der Waals surface area contributed by atoms with Crippen LogP contribution in [0.1, 0.15) is 26.2 Å². The number of H-pyrrole nitrogens is 1. The van der Waals surface area contributed by atoms with Crippen molar-refractivity contribution in [3.63, 3.8) is 0 Å². The highest BCUT2D eigenvalue weighted by Crippen LogP contribution is 2.26. The molecule has 2 aromatic rings. The number of imidazole rings is 1. The first kappa shape index (κ1) is 13.1. The van der Waals surface area contributed by atoms with Crippen LogP contribution in [0.15, 0.2) is 6.33 Å². The molecule has 0 radical (unpaired) electrons. The third-order valence-electron chi connectivity index (χ3n) is 3.69. The highest BCUT2D eigenvalue weighted by Gasteiger charge is 2.23. The summed E-state index contributed by atoms with van der Waals surface area (Å²) in [5.41, 5.74) is 1.48. The highest BCUT2D eigenvalue weighted by atomic mass is 16.3. The van der Waals surface area contributed by atoms with Crippen LogP contribution in [0.4, 0.5) is 11.8 Å². The van der Waals surface area contributed by atoms with E-state index < -0.39 is 0 Å². The number of nitrogens with zero attached hydrogens (tertiary/aromatic N) is 3. The summed E-state index contributed by atoms with van der Waals surface area (Å²) in [5.74, 6) is 1.85. The number of fused-ring (bicyclic) bond motifs is 1. The van der Waals surface area contributed by atoms with Crippen LogP contribution in [0, 0.1) is 5.92 Å². The van der Waals surface area contributed by atoms with Gasteiger partial charge in [-0.15, -0.1) is 0 Å². The second-order valence-corrected chi connectivity index (χ2v) is 5.24. The van der Waals surface area contributed by atoms with Crippen LogP contribution < -0.4 is 10.6 Å². The Balaban J connectivity index is 1.76. The molecular weight excluding hydrogens is 256 g/mol. The van der Waals surface area contributed by atoms with Crippen LogP contribution in [-0.4, -0.2) is 44.2 Å². The maximum Gasteiger partial charge on any atom is 0.226 e. The monoisotopic (exact) mass is 276 g/mol.